The molecule has 0 radical (unpaired) electrons. The Balaban J connectivity index is 1.89. The average molecular weight is 269 g/mol. The third kappa shape index (κ3) is 2.09. The van der Waals surface area contributed by atoms with Crippen molar-refractivity contribution in [2.24, 2.45) is 0 Å². The lowest BCUT2D eigenvalue weighted by Gasteiger charge is -2.38. The van der Waals surface area contributed by atoms with Crippen LogP contribution < -0.4 is 4.90 Å². The topological polar surface area (TPSA) is 45.6 Å². The smallest absolute Gasteiger partial charge is 0.129 e. The largest absolute Gasteiger partial charge is 0.392 e. The Morgan fingerprint density at radius 1 is 1.50 bits per heavy atom. The van der Waals surface area contributed by atoms with Crippen molar-refractivity contribution < 1.29 is 9.84 Å². The van der Waals surface area contributed by atoms with Gasteiger partial charge in [0, 0.05) is 18.3 Å². The maximum Gasteiger partial charge on any atom is 0.129 e. The molecule has 0 bridgehead atoms. The van der Waals surface area contributed by atoms with Crippen LogP contribution >= 0.6 is 11.6 Å². The third-order valence-electron chi connectivity index (χ3n) is 3.87. The number of anilines is 1. The number of hydrogen-bond donors (Lipinski definition) is 1. The summed E-state index contributed by atoms with van der Waals surface area (Å²) in [5.41, 5.74) is 0.739. The number of fused-ring (bicyclic) bond motifs is 1. The van der Waals surface area contributed by atoms with Crippen molar-refractivity contribution in [3.63, 3.8) is 0 Å². The molecule has 3 rings (SSSR count). The minimum atomic E-state index is -0.0488. The van der Waals surface area contributed by atoms with Crippen molar-refractivity contribution in [1.82, 2.24) is 4.98 Å². The Morgan fingerprint density at radius 2 is 2.39 bits per heavy atom. The first-order valence-corrected chi connectivity index (χ1v) is 6.81. The van der Waals surface area contributed by atoms with Crippen LogP contribution in [0, 0.1) is 0 Å². The van der Waals surface area contributed by atoms with Crippen molar-refractivity contribution in [2.45, 2.75) is 38.0 Å². The first-order valence-electron chi connectivity index (χ1n) is 6.43. The standard InChI is InChI=1S/C13H17ClN2O2/c14-10-7-15-13(6-9(10)8-17)16-4-5-18-12-3-1-2-11(12)16/h6-7,11-12,17H,1-5,8H2. The van der Waals surface area contributed by atoms with E-state index < -0.39 is 0 Å². The van der Waals surface area contributed by atoms with E-state index in [4.69, 9.17) is 16.3 Å². The van der Waals surface area contributed by atoms with E-state index in [2.05, 4.69) is 9.88 Å². The van der Waals surface area contributed by atoms with Gasteiger partial charge in [-0.25, -0.2) is 4.98 Å². The summed E-state index contributed by atoms with van der Waals surface area (Å²) < 4.78 is 5.79. The highest BCUT2D eigenvalue weighted by atomic mass is 35.5. The second kappa shape index (κ2) is 5.03. The molecule has 1 aliphatic heterocycles. The van der Waals surface area contributed by atoms with Gasteiger partial charge in [-0.1, -0.05) is 11.6 Å². The predicted molar refractivity (Wildman–Crippen MR) is 69.9 cm³/mol. The predicted octanol–water partition coefficient (Wildman–Crippen LogP) is 1.99. The van der Waals surface area contributed by atoms with E-state index in [0.29, 0.717) is 17.2 Å². The zero-order valence-electron chi connectivity index (χ0n) is 10.2. The van der Waals surface area contributed by atoms with Crippen LogP contribution in [0.5, 0.6) is 0 Å². The number of aromatic nitrogens is 1. The molecular formula is C13H17ClN2O2. The molecule has 0 spiro atoms. The summed E-state index contributed by atoms with van der Waals surface area (Å²) >= 11 is 5.98. The molecule has 1 aliphatic carbocycles. The number of ether oxygens (including phenoxy) is 1. The fraction of sp³-hybridized carbons (Fsp3) is 0.615. The van der Waals surface area contributed by atoms with Gasteiger partial charge in [0.15, 0.2) is 0 Å². The first-order chi connectivity index (χ1) is 8.79. The molecule has 1 saturated carbocycles. The Kier molecular flexibility index (Phi) is 3.41. The summed E-state index contributed by atoms with van der Waals surface area (Å²) in [4.78, 5) is 6.70. The van der Waals surface area contributed by atoms with E-state index in [9.17, 15) is 5.11 Å². The summed E-state index contributed by atoms with van der Waals surface area (Å²) in [6.07, 6.45) is 5.48. The van der Waals surface area contributed by atoms with E-state index in [1.54, 1.807) is 6.20 Å². The fourth-order valence-corrected chi connectivity index (χ4v) is 3.12. The zero-order chi connectivity index (χ0) is 12.5. The van der Waals surface area contributed by atoms with Gasteiger partial charge in [0.05, 0.1) is 30.4 Å². The number of hydrogen-bond acceptors (Lipinski definition) is 4. The molecule has 2 aliphatic rings. The molecule has 2 atom stereocenters. The molecule has 1 saturated heterocycles. The highest BCUT2D eigenvalue weighted by Crippen LogP contribution is 2.33. The van der Waals surface area contributed by atoms with Gasteiger partial charge in [0.2, 0.25) is 0 Å². The number of aliphatic hydroxyl groups excluding tert-OH is 1. The fourth-order valence-electron chi connectivity index (χ4n) is 2.96. The Labute approximate surface area is 112 Å². The minimum absolute atomic E-state index is 0.0488. The van der Waals surface area contributed by atoms with Crippen LogP contribution in [0.3, 0.4) is 0 Å². The van der Waals surface area contributed by atoms with Gasteiger partial charge in [-0.05, 0) is 25.3 Å². The average Bonchev–Trinajstić information content (AvgIpc) is 2.87. The van der Waals surface area contributed by atoms with Crippen LogP contribution in [0.2, 0.25) is 5.02 Å². The van der Waals surface area contributed by atoms with E-state index in [1.165, 1.54) is 6.42 Å². The third-order valence-corrected chi connectivity index (χ3v) is 4.21. The zero-order valence-corrected chi connectivity index (χ0v) is 10.9. The van der Waals surface area contributed by atoms with Gasteiger partial charge in [-0.3, -0.25) is 0 Å². The normalized spacial score (nSPS) is 27.3. The number of rotatable bonds is 2. The Morgan fingerprint density at radius 3 is 3.22 bits per heavy atom. The van der Waals surface area contributed by atoms with Crippen molar-refractivity contribution in [3.05, 3.63) is 22.8 Å². The lowest BCUT2D eigenvalue weighted by molar-refractivity contribution is 0.0253. The van der Waals surface area contributed by atoms with Crippen LogP contribution in [-0.2, 0) is 11.3 Å². The summed E-state index contributed by atoms with van der Waals surface area (Å²) in [6.45, 7) is 1.56. The van der Waals surface area contributed by atoms with Crippen LogP contribution in [-0.4, -0.2) is 35.4 Å². The molecule has 2 fully saturated rings. The molecule has 1 aromatic heterocycles. The molecule has 2 heterocycles. The highest BCUT2D eigenvalue weighted by molar-refractivity contribution is 6.31. The molecule has 4 nitrogen and oxygen atoms in total. The van der Waals surface area contributed by atoms with Gasteiger partial charge in [-0.15, -0.1) is 0 Å². The van der Waals surface area contributed by atoms with Gasteiger partial charge < -0.3 is 14.7 Å². The molecule has 0 amide bonds. The number of morpholine rings is 1. The summed E-state index contributed by atoms with van der Waals surface area (Å²) in [5.74, 6) is 0.906. The highest BCUT2D eigenvalue weighted by Gasteiger charge is 2.36. The first kappa shape index (κ1) is 12.2. The van der Waals surface area contributed by atoms with Crippen LogP contribution in [0.15, 0.2) is 12.3 Å². The summed E-state index contributed by atoms with van der Waals surface area (Å²) in [6, 6.07) is 2.32. The number of pyridine rings is 1. The maximum atomic E-state index is 9.27. The molecule has 0 aromatic carbocycles. The van der Waals surface area contributed by atoms with Crippen molar-refractivity contribution >= 4 is 17.4 Å². The molecule has 1 N–H and O–H groups in total. The van der Waals surface area contributed by atoms with E-state index in [1.807, 2.05) is 6.07 Å². The van der Waals surface area contributed by atoms with E-state index >= 15 is 0 Å². The summed E-state index contributed by atoms with van der Waals surface area (Å²) in [7, 11) is 0. The van der Waals surface area contributed by atoms with Gasteiger partial charge >= 0.3 is 0 Å². The lowest BCUT2D eigenvalue weighted by Crippen LogP contribution is -2.49. The maximum absolute atomic E-state index is 9.27. The second-order valence-electron chi connectivity index (χ2n) is 4.89. The van der Waals surface area contributed by atoms with Crippen LogP contribution in [0.1, 0.15) is 24.8 Å². The van der Waals surface area contributed by atoms with Crippen molar-refractivity contribution in [3.8, 4) is 0 Å². The Hall–Kier alpha value is -0.840. The lowest BCUT2D eigenvalue weighted by atomic mass is 10.1. The van der Waals surface area contributed by atoms with E-state index in [-0.39, 0.29) is 6.61 Å². The molecule has 1 aromatic rings. The van der Waals surface area contributed by atoms with E-state index in [0.717, 1.165) is 37.4 Å². The second-order valence-corrected chi connectivity index (χ2v) is 5.30. The number of nitrogens with zero attached hydrogens (tertiary/aromatic N) is 2. The van der Waals surface area contributed by atoms with Crippen molar-refractivity contribution in [2.75, 3.05) is 18.1 Å². The number of halogens is 1. The van der Waals surface area contributed by atoms with Gasteiger partial charge in [-0.2, -0.15) is 0 Å². The van der Waals surface area contributed by atoms with Crippen molar-refractivity contribution in [1.29, 1.82) is 0 Å². The minimum Gasteiger partial charge on any atom is -0.392 e. The number of aliphatic hydroxyl groups is 1. The quantitative estimate of drug-likeness (QED) is 0.891. The molecular weight excluding hydrogens is 252 g/mol. The molecule has 18 heavy (non-hydrogen) atoms. The SMILES string of the molecule is OCc1cc(N2CCOC3CCCC32)ncc1Cl. The van der Waals surface area contributed by atoms with Gasteiger partial charge in [0.1, 0.15) is 5.82 Å². The van der Waals surface area contributed by atoms with Crippen LogP contribution in [0.4, 0.5) is 5.82 Å². The summed E-state index contributed by atoms with van der Waals surface area (Å²) in [5, 5.41) is 9.80. The monoisotopic (exact) mass is 268 g/mol. The van der Waals surface area contributed by atoms with Crippen LogP contribution in [0.25, 0.3) is 0 Å². The molecule has 2 unspecified atom stereocenters. The Bertz CT molecular complexity index is 441. The van der Waals surface area contributed by atoms with Gasteiger partial charge in [0.25, 0.3) is 0 Å². The molecule has 98 valence electrons. The molecule has 5 heteroatoms.